The molecular formula is C13H20O4. The van der Waals surface area contributed by atoms with E-state index < -0.39 is 16.8 Å². The summed E-state index contributed by atoms with van der Waals surface area (Å²) in [6.45, 7) is 1.94. The van der Waals surface area contributed by atoms with E-state index in [4.69, 9.17) is 4.74 Å². The fraction of sp³-hybridized carbons (Fsp3) is 0.923. The van der Waals surface area contributed by atoms with E-state index in [-0.39, 0.29) is 11.9 Å². The lowest BCUT2D eigenvalue weighted by molar-refractivity contribution is -0.179. The summed E-state index contributed by atoms with van der Waals surface area (Å²) in [5.74, 6) is -0.0858. The molecule has 4 fully saturated rings. The van der Waals surface area contributed by atoms with Crippen LogP contribution in [0.2, 0.25) is 0 Å². The minimum Gasteiger partial charge on any atom is -0.459 e. The molecule has 4 saturated carbocycles. The van der Waals surface area contributed by atoms with E-state index in [1.54, 1.807) is 0 Å². The normalized spacial score (nSPS) is 50.9. The Morgan fingerprint density at radius 2 is 2.06 bits per heavy atom. The average Bonchev–Trinajstić information content (AvgIpc) is 2.42. The van der Waals surface area contributed by atoms with E-state index in [9.17, 15) is 15.0 Å². The van der Waals surface area contributed by atoms with Gasteiger partial charge in [-0.2, -0.15) is 0 Å². The highest BCUT2D eigenvalue weighted by Gasteiger charge is 2.70. The highest BCUT2D eigenvalue weighted by Crippen LogP contribution is 2.64. The second-order valence-corrected chi connectivity index (χ2v) is 6.37. The number of carbonyl (C=O) groups excluding carboxylic acids is 1. The van der Waals surface area contributed by atoms with E-state index in [1.165, 1.54) is 0 Å². The van der Waals surface area contributed by atoms with Crippen molar-refractivity contribution in [2.24, 2.45) is 5.92 Å². The van der Waals surface area contributed by atoms with Gasteiger partial charge >= 0.3 is 5.97 Å². The van der Waals surface area contributed by atoms with Crippen molar-refractivity contribution < 1.29 is 19.7 Å². The second kappa shape index (κ2) is 3.23. The van der Waals surface area contributed by atoms with Crippen molar-refractivity contribution in [2.75, 3.05) is 0 Å². The first-order valence-corrected chi connectivity index (χ1v) is 6.55. The molecule has 4 aliphatic carbocycles. The van der Waals surface area contributed by atoms with E-state index in [1.807, 2.05) is 6.92 Å². The lowest BCUT2D eigenvalue weighted by atomic mass is 9.74. The van der Waals surface area contributed by atoms with Crippen molar-refractivity contribution in [3.8, 4) is 0 Å². The summed E-state index contributed by atoms with van der Waals surface area (Å²) in [7, 11) is 0. The predicted molar refractivity (Wildman–Crippen MR) is 60.2 cm³/mol. The third kappa shape index (κ3) is 1.61. The number of carbonyl (C=O) groups is 1. The summed E-state index contributed by atoms with van der Waals surface area (Å²) < 4.78 is 5.58. The van der Waals surface area contributed by atoms with Gasteiger partial charge in [0, 0.05) is 25.7 Å². The summed E-state index contributed by atoms with van der Waals surface area (Å²) in [6.07, 6.45) is 4.06. The first kappa shape index (κ1) is 11.5. The predicted octanol–water partition coefficient (Wildman–Crippen LogP) is 1.14. The van der Waals surface area contributed by atoms with Crippen molar-refractivity contribution >= 4 is 5.97 Å². The largest absolute Gasteiger partial charge is 0.459 e. The fourth-order valence-corrected chi connectivity index (χ4v) is 4.46. The maximum absolute atomic E-state index is 11.6. The Hall–Kier alpha value is -0.610. The zero-order valence-corrected chi connectivity index (χ0v) is 10.2. The molecule has 0 saturated heterocycles. The standard InChI is InChI=1S/C13H20O4/c1-2-3-10(14)17-12-5-9-4-11(15,6-12)7-13(9,16)8-12/h9,15-16H,2-8H2,1H3. The summed E-state index contributed by atoms with van der Waals surface area (Å²) >= 11 is 0. The third-order valence-corrected chi connectivity index (χ3v) is 4.70. The Kier molecular flexibility index (Phi) is 2.18. The topological polar surface area (TPSA) is 66.8 Å². The van der Waals surface area contributed by atoms with Gasteiger partial charge in [-0.15, -0.1) is 0 Å². The molecule has 0 heterocycles. The molecule has 4 rings (SSSR count). The quantitative estimate of drug-likeness (QED) is 0.726. The number of hydrogen-bond donors (Lipinski definition) is 2. The monoisotopic (exact) mass is 240 g/mol. The van der Waals surface area contributed by atoms with Crippen molar-refractivity contribution in [3.05, 3.63) is 0 Å². The van der Waals surface area contributed by atoms with E-state index in [0.717, 1.165) is 12.8 Å². The molecule has 4 heteroatoms. The zero-order chi connectivity index (χ0) is 12.3. The molecule has 0 spiro atoms. The van der Waals surface area contributed by atoms with E-state index in [2.05, 4.69) is 0 Å². The summed E-state index contributed by atoms with van der Waals surface area (Å²) in [5, 5.41) is 20.8. The molecule has 0 aliphatic heterocycles. The van der Waals surface area contributed by atoms with Gasteiger partial charge < -0.3 is 14.9 Å². The minimum absolute atomic E-state index is 0.107. The van der Waals surface area contributed by atoms with Gasteiger partial charge in [0.15, 0.2) is 0 Å². The third-order valence-electron chi connectivity index (χ3n) is 4.70. The van der Waals surface area contributed by atoms with Gasteiger partial charge in [0.05, 0.1) is 11.2 Å². The molecule has 4 unspecified atom stereocenters. The SMILES string of the molecule is CCCC(=O)OC12CC3CC(O)(C1)CC3(O)C2. The number of esters is 1. The van der Waals surface area contributed by atoms with Crippen LogP contribution in [0.25, 0.3) is 0 Å². The summed E-state index contributed by atoms with van der Waals surface area (Å²) in [6, 6.07) is 0. The minimum atomic E-state index is -0.803. The van der Waals surface area contributed by atoms with Crippen LogP contribution in [-0.2, 0) is 9.53 Å². The molecule has 0 aromatic carbocycles. The highest BCUT2D eigenvalue weighted by molar-refractivity contribution is 5.70. The van der Waals surface area contributed by atoms with Crippen LogP contribution in [-0.4, -0.2) is 33.0 Å². The summed E-state index contributed by atoms with van der Waals surface area (Å²) in [5.41, 5.74) is -2.18. The molecular weight excluding hydrogens is 220 g/mol. The highest BCUT2D eigenvalue weighted by atomic mass is 16.6. The molecule has 0 aromatic heterocycles. The molecule has 0 amide bonds. The van der Waals surface area contributed by atoms with Gasteiger partial charge in [0.25, 0.3) is 0 Å². The number of rotatable bonds is 3. The Bertz CT molecular complexity index is 364. The lowest BCUT2D eigenvalue weighted by Gasteiger charge is -2.43. The van der Waals surface area contributed by atoms with Crippen molar-refractivity contribution in [2.45, 2.75) is 68.7 Å². The molecule has 0 radical (unpaired) electrons. The lowest BCUT2D eigenvalue weighted by Crippen LogP contribution is -2.49. The van der Waals surface area contributed by atoms with Crippen LogP contribution in [0.15, 0.2) is 0 Å². The van der Waals surface area contributed by atoms with Gasteiger partial charge in [-0.1, -0.05) is 6.92 Å². The fourth-order valence-electron chi connectivity index (χ4n) is 4.46. The molecule has 4 aliphatic rings. The van der Waals surface area contributed by atoms with Crippen molar-refractivity contribution in [3.63, 3.8) is 0 Å². The maximum Gasteiger partial charge on any atom is 0.306 e. The van der Waals surface area contributed by atoms with E-state index in [0.29, 0.717) is 32.1 Å². The van der Waals surface area contributed by atoms with Crippen LogP contribution in [0.4, 0.5) is 0 Å². The number of ether oxygens (including phenoxy) is 1. The van der Waals surface area contributed by atoms with Crippen LogP contribution in [0.1, 0.15) is 51.9 Å². The molecule has 4 bridgehead atoms. The van der Waals surface area contributed by atoms with Gasteiger partial charge in [0.2, 0.25) is 0 Å². The number of aliphatic hydroxyl groups is 2. The molecule has 0 aromatic rings. The average molecular weight is 240 g/mol. The smallest absolute Gasteiger partial charge is 0.306 e. The first-order valence-electron chi connectivity index (χ1n) is 6.55. The van der Waals surface area contributed by atoms with Crippen LogP contribution >= 0.6 is 0 Å². The molecule has 96 valence electrons. The van der Waals surface area contributed by atoms with Crippen molar-refractivity contribution in [1.29, 1.82) is 0 Å². The molecule has 4 atom stereocenters. The molecule has 2 N–H and O–H groups in total. The summed E-state index contributed by atoms with van der Waals surface area (Å²) in [4.78, 5) is 11.6. The zero-order valence-electron chi connectivity index (χ0n) is 10.2. The van der Waals surface area contributed by atoms with E-state index >= 15 is 0 Å². The Morgan fingerprint density at radius 1 is 1.29 bits per heavy atom. The number of hydrogen-bond acceptors (Lipinski definition) is 4. The maximum atomic E-state index is 11.6. The Labute approximate surface area is 101 Å². The van der Waals surface area contributed by atoms with Gasteiger partial charge in [-0.25, -0.2) is 0 Å². The van der Waals surface area contributed by atoms with Crippen LogP contribution in [0.3, 0.4) is 0 Å². The first-order chi connectivity index (χ1) is 7.89. The van der Waals surface area contributed by atoms with Gasteiger partial charge in [-0.3, -0.25) is 4.79 Å². The van der Waals surface area contributed by atoms with Gasteiger partial charge in [0.1, 0.15) is 5.60 Å². The van der Waals surface area contributed by atoms with Crippen LogP contribution < -0.4 is 0 Å². The Morgan fingerprint density at radius 3 is 2.65 bits per heavy atom. The van der Waals surface area contributed by atoms with Crippen LogP contribution in [0, 0.1) is 5.92 Å². The second-order valence-electron chi connectivity index (χ2n) is 6.37. The molecule has 17 heavy (non-hydrogen) atoms. The van der Waals surface area contributed by atoms with Crippen molar-refractivity contribution in [1.82, 2.24) is 0 Å². The Balaban J connectivity index is 1.80. The van der Waals surface area contributed by atoms with Crippen LogP contribution in [0.5, 0.6) is 0 Å². The van der Waals surface area contributed by atoms with Gasteiger partial charge in [-0.05, 0) is 25.2 Å². The molecule has 4 nitrogen and oxygen atoms in total.